The third-order valence-electron chi connectivity index (χ3n) is 6.40. The molecule has 1 unspecified atom stereocenters. The number of hydrogen-bond donors (Lipinski definition) is 1. The molecule has 1 saturated heterocycles. The van der Waals surface area contributed by atoms with Crippen molar-refractivity contribution in [2.45, 2.75) is 45.2 Å². The third-order valence-corrected chi connectivity index (χ3v) is 6.40. The van der Waals surface area contributed by atoms with E-state index in [1.165, 1.54) is 12.5 Å². The van der Waals surface area contributed by atoms with Gasteiger partial charge in [0.15, 0.2) is 0 Å². The van der Waals surface area contributed by atoms with Gasteiger partial charge in [0.05, 0.1) is 12.8 Å². The van der Waals surface area contributed by atoms with Gasteiger partial charge in [0.2, 0.25) is 5.95 Å². The quantitative estimate of drug-likeness (QED) is 0.586. The van der Waals surface area contributed by atoms with Crippen LogP contribution in [0.1, 0.15) is 33.6 Å². The average molecular weight is 433 g/mol. The zero-order chi connectivity index (χ0) is 22.7. The van der Waals surface area contributed by atoms with E-state index >= 15 is 0 Å². The molecule has 1 aliphatic rings. The molecule has 1 N–H and O–H groups in total. The number of methoxy groups -OCH3 is 1. The molecule has 1 aliphatic heterocycles. The second-order valence-electron chi connectivity index (χ2n) is 9.47. The first-order valence-corrected chi connectivity index (χ1v) is 11.3. The summed E-state index contributed by atoms with van der Waals surface area (Å²) in [6, 6.07) is 16.0. The van der Waals surface area contributed by atoms with Crippen LogP contribution in [0.15, 0.2) is 54.7 Å². The molecule has 6 nitrogen and oxygen atoms in total. The highest BCUT2D eigenvalue weighted by Gasteiger charge is 2.35. The van der Waals surface area contributed by atoms with Crippen molar-refractivity contribution in [1.82, 2.24) is 14.9 Å². The number of esters is 1. The highest BCUT2D eigenvalue weighted by atomic mass is 16.5. The molecule has 2 heterocycles. The Morgan fingerprint density at radius 2 is 1.81 bits per heavy atom. The van der Waals surface area contributed by atoms with Gasteiger partial charge in [-0.3, -0.25) is 4.90 Å². The molecule has 0 spiro atoms. The fourth-order valence-electron chi connectivity index (χ4n) is 4.48. The predicted octanol–water partition coefficient (Wildman–Crippen LogP) is 4.76. The number of rotatable bonds is 5. The molecule has 1 fully saturated rings. The lowest BCUT2D eigenvalue weighted by Gasteiger charge is -2.42. The van der Waals surface area contributed by atoms with Crippen LogP contribution in [0, 0.1) is 5.92 Å². The van der Waals surface area contributed by atoms with Crippen molar-refractivity contribution in [3.63, 3.8) is 0 Å². The van der Waals surface area contributed by atoms with Gasteiger partial charge >= 0.3 is 5.97 Å². The average Bonchev–Trinajstić information content (AvgIpc) is 2.81. The Morgan fingerprint density at radius 3 is 2.50 bits per heavy atom. The Morgan fingerprint density at radius 1 is 1.09 bits per heavy atom. The SMILES string of the molecule is COC(=O)C(Nc1nccc(-c2ccc3ccccc3c2)n1)C1CCN(C(C)(C)C)CC1. The molecule has 1 atom stereocenters. The van der Waals surface area contributed by atoms with Gasteiger partial charge in [-0.25, -0.2) is 14.8 Å². The number of fused-ring (bicyclic) bond motifs is 1. The first-order valence-electron chi connectivity index (χ1n) is 11.3. The minimum absolute atomic E-state index is 0.135. The lowest BCUT2D eigenvalue weighted by molar-refractivity contribution is -0.143. The lowest BCUT2D eigenvalue weighted by atomic mass is 9.87. The van der Waals surface area contributed by atoms with Gasteiger partial charge in [0.1, 0.15) is 6.04 Å². The summed E-state index contributed by atoms with van der Waals surface area (Å²) in [5.74, 6) is 0.359. The molecular formula is C26H32N4O2. The van der Waals surface area contributed by atoms with Gasteiger partial charge < -0.3 is 10.1 Å². The van der Waals surface area contributed by atoms with E-state index < -0.39 is 6.04 Å². The van der Waals surface area contributed by atoms with Crippen molar-refractivity contribution in [3.8, 4) is 11.3 Å². The molecule has 2 aromatic carbocycles. The Kier molecular flexibility index (Phi) is 6.42. The van der Waals surface area contributed by atoms with Gasteiger partial charge in [-0.15, -0.1) is 0 Å². The molecule has 0 bridgehead atoms. The van der Waals surface area contributed by atoms with E-state index in [-0.39, 0.29) is 17.4 Å². The minimum Gasteiger partial charge on any atom is -0.467 e. The van der Waals surface area contributed by atoms with Crippen molar-refractivity contribution in [1.29, 1.82) is 0 Å². The zero-order valence-electron chi connectivity index (χ0n) is 19.3. The number of anilines is 1. The number of aromatic nitrogens is 2. The van der Waals surface area contributed by atoms with Crippen molar-refractivity contribution in [2.75, 3.05) is 25.5 Å². The number of ether oxygens (including phenoxy) is 1. The van der Waals surface area contributed by atoms with Crippen LogP contribution >= 0.6 is 0 Å². The maximum Gasteiger partial charge on any atom is 0.328 e. The summed E-state index contributed by atoms with van der Waals surface area (Å²) in [4.78, 5) is 24.2. The Labute approximate surface area is 190 Å². The van der Waals surface area contributed by atoms with Crippen LogP contribution in [0.5, 0.6) is 0 Å². The Balaban J connectivity index is 1.53. The van der Waals surface area contributed by atoms with Crippen molar-refractivity contribution in [2.24, 2.45) is 5.92 Å². The lowest BCUT2D eigenvalue weighted by Crippen LogP contribution is -2.50. The van der Waals surface area contributed by atoms with Crippen LogP contribution in [0.3, 0.4) is 0 Å². The normalized spacial score (nSPS) is 16.6. The van der Waals surface area contributed by atoms with Gasteiger partial charge in [-0.2, -0.15) is 0 Å². The smallest absolute Gasteiger partial charge is 0.328 e. The number of nitrogens with zero attached hydrogens (tertiary/aromatic N) is 3. The van der Waals surface area contributed by atoms with E-state index in [9.17, 15) is 4.79 Å². The van der Waals surface area contributed by atoms with Crippen LogP contribution in [0.4, 0.5) is 5.95 Å². The largest absolute Gasteiger partial charge is 0.467 e. The second kappa shape index (κ2) is 9.25. The Bertz CT molecular complexity index is 1080. The van der Waals surface area contributed by atoms with Gasteiger partial charge in [-0.1, -0.05) is 36.4 Å². The van der Waals surface area contributed by atoms with Crippen LogP contribution in [-0.2, 0) is 9.53 Å². The van der Waals surface area contributed by atoms with Crippen LogP contribution < -0.4 is 5.32 Å². The predicted molar refractivity (Wildman–Crippen MR) is 128 cm³/mol. The highest BCUT2D eigenvalue weighted by molar-refractivity contribution is 5.86. The second-order valence-corrected chi connectivity index (χ2v) is 9.47. The monoisotopic (exact) mass is 432 g/mol. The summed E-state index contributed by atoms with van der Waals surface area (Å²) in [5, 5.41) is 5.64. The standard InChI is InChI=1S/C26H32N4O2/c1-26(2,3)30-15-12-19(13-16-30)23(24(31)32-4)29-25-27-14-11-22(28-25)21-10-9-18-7-5-6-8-20(18)17-21/h5-11,14,17,19,23H,12-13,15-16H2,1-4H3,(H,27,28,29). The molecular weight excluding hydrogens is 400 g/mol. The molecule has 0 aliphatic carbocycles. The fourth-order valence-corrected chi connectivity index (χ4v) is 4.48. The van der Waals surface area contributed by atoms with Crippen molar-refractivity contribution >= 4 is 22.7 Å². The molecule has 0 radical (unpaired) electrons. The van der Waals surface area contributed by atoms with Crippen LogP contribution in [0.2, 0.25) is 0 Å². The summed E-state index contributed by atoms with van der Waals surface area (Å²) in [7, 11) is 1.44. The van der Waals surface area contributed by atoms with E-state index in [0.717, 1.165) is 42.6 Å². The molecule has 0 saturated carbocycles. The van der Waals surface area contributed by atoms with Crippen molar-refractivity contribution in [3.05, 3.63) is 54.7 Å². The molecule has 1 aromatic heterocycles. The van der Waals surface area contributed by atoms with E-state index in [4.69, 9.17) is 9.72 Å². The topological polar surface area (TPSA) is 67.3 Å². The minimum atomic E-state index is -0.464. The van der Waals surface area contributed by atoms with E-state index in [1.807, 2.05) is 18.2 Å². The summed E-state index contributed by atoms with van der Waals surface area (Å²) >= 11 is 0. The molecule has 32 heavy (non-hydrogen) atoms. The van der Waals surface area contributed by atoms with Crippen LogP contribution in [0.25, 0.3) is 22.0 Å². The summed E-state index contributed by atoms with van der Waals surface area (Å²) in [5.41, 5.74) is 1.97. The first-order chi connectivity index (χ1) is 15.3. The third kappa shape index (κ3) is 4.91. The summed E-state index contributed by atoms with van der Waals surface area (Å²) < 4.78 is 5.12. The zero-order valence-corrected chi connectivity index (χ0v) is 19.3. The summed E-state index contributed by atoms with van der Waals surface area (Å²) in [6.07, 6.45) is 3.58. The summed E-state index contributed by atoms with van der Waals surface area (Å²) in [6.45, 7) is 8.61. The Hall–Kier alpha value is -2.99. The number of benzene rings is 2. The molecule has 4 rings (SSSR count). The highest BCUT2D eigenvalue weighted by Crippen LogP contribution is 2.28. The molecule has 3 aromatic rings. The fraction of sp³-hybridized carbons (Fsp3) is 0.423. The molecule has 168 valence electrons. The van der Waals surface area contributed by atoms with Gasteiger partial charge in [-0.05, 0) is 75.5 Å². The number of likely N-dealkylation sites (tertiary alicyclic amines) is 1. The van der Waals surface area contributed by atoms with Gasteiger partial charge in [0, 0.05) is 17.3 Å². The maximum absolute atomic E-state index is 12.6. The van der Waals surface area contributed by atoms with E-state index in [0.29, 0.717) is 5.95 Å². The maximum atomic E-state index is 12.6. The molecule has 0 amide bonds. The van der Waals surface area contributed by atoms with E-state index in [1.54, 1.807) is 6.20 Å². The van der Waals surface area contributed by atoms with Crippen LogP contribution in [-0.4, -0.2) is 52.6 Å². The number of carbonyl (C=O) groups excluding carboxylic acids is 1. The van der Waals surface area contributed by atoms with Gasteiger partial charge in [0.25, 0.3) is 0 Å². The number of hydrogen-bond acceptors (Lipinski definition) is 6. The number of piperidine rings is 1. The number of carbonyl (C=O) groups is 1. The molecule has 6 heteroatoms. The number of nitrogens with one attached hydrogen (secondary N) is 1. The van der Waals surface area contributed by atoms with Crippen molar-refractivity contribution < 1.29 is 9.53 Å². The first kappa shape index (κ1) is 22.2. The van der Waals surface area contributed by atoms with E-state index in [2.05, 4.69) is 66.3 Å².